The van der Waals surface area contributed by atoms with Gasteiger partial charge in [-0.05, 0) is 45.6 Å². The van der Waals surface area contributed by atoms with E-state index in [2.05, 4.69) is 53.0 Å². The van der Waals surface area contributed by atoms with Crippen molar-refractivity contribution in [2.45, 2.75) is 58.0 Å². The standard InChI is InChI=1S/C19H25N3O/c1-14-4-6-17(7-5-14)13-19(8-9-19)21-18(23)12-15(2)22-11-10-20-16(22)3/h4-7,10-11,15H,8-9,12-13H2,1-3H3,(H,21,23)/t15-/m1/s1. The number of nitrogens with zero attached hydrogens (tertiary/aromatic N) is 2. The molecule has 1 saturated carbocycles. The van der Waals surface area contributed by atoms with E-state index in [1.165, 1.54) is 11.1 Å². The average molecular weight is 311 g/mol. The molecule has 2 aromatic rings. The highest BCUT2D eigenvalue weighted by Gasteiger charge is 2.43. The number of hydrogen-bond acceptors (Lipinski definition) is 2. The van der Waals surface area contributed by atoms with Crippen molar-refractivity contribution in [2.75, 3.05) is 0 Å². The Morgan fingerprint density at radius 2 is 2.00 bits per heavy atom. The number of aryl methyl sites for hydroxylation is 2. The Morgan fingerprint density at radius 1 is 1.30 bits per heavy atom. The smallest absolute Gasteiger partial charge is 0.222 e. The highest BCUT2D eigenvalue weighted by Crippen LogP contribution is 2.39. The average Bonchev–Trinajstić information content (AvgIpc) is 3.09. The molecule has 0 aliphatic heterocycles. The monoisotopic (exact) mass is 311 g/mol. The molecule has 4 heteroatoms. The van der Waals surface area contributed by atoms with Crippen molar-refractivity contribution in [3.05, 3.63) is 53.6 Å². The van der Waals surface area contributed by atoms with Crippen molar-refractivity contribution in [1.82, 2.24) is 14.9 Å². The maximum absolute atomic E-state index is 12.4. The first-order chi connectivity index (χ1) is 11.0. The summed E-state index contributed by atoms with van der Waals surface area (Å²) in [6.07, 6.45) is 7.29. The van der Waals surface area contributed by atoms with Crippen LogP contribution in [-0.4, -0.2) is 21.0 Å². The first kappa shape index (κ1) is 15.8. The van der Waals surface area contributed by atoms with E-state index in [-0.39, 0.29) is 17.5 Å². The normalized spacial score (nSPS) is 16.8. The van der Waals surface area contributed by atoms with Gasteiger partial charge in [0, 0.05) is 30.4 Å². The molecule has 1 heterocycles. The molecule has 1 aliphatic rings. The number of amides is 1. The van der Waals surface area contributed by atoms with Crippen LogP contribution in [0.1, 0.15) is 49.2 Å². The summed E-state index contributed by atoms with van der Waals surface area (Å²) in [4.78, 5) is 16.6. The van der Waals surface area contributed by atoms with E-state index in [4.69, 9.17) is 0 Å². The first-order valence-electron chi connectivity index (χ1n) is 8.33. The Labute approximate surface area is 137 Å². The van der Waals surface area contributed by atoms with Gasteiger partial charge in [-0.15, -0.1) is 0 Å². The second-order valence-corrected chi connectivity index (χ2v) is 6.93. The van der Waals surface area contributed by atoms with Gasteiger partial charge in [0.2, 0.25) is 5.91 Å². The lowest BCUT2D eigenvalue weighted by Gasteiger charge is -2.20. The van der Waals surface area contributed by atoms with Crippen molar-refractivity contribution in [2.24, 2.45) is 0 Å². The maximum Gasteiger partial charge on any atom is 0.222 e. The van der Waals surface area contributed by atoms with Crippen molar-refractivity contribution < 1.29 is 4.79 Å². The fourth-order valence-corrected chi connectivity index (χ4v) is 3.16. The Hall–Kier alpha value is -2.10. The van der Waals surface area contributed by atoms with Crippen molar-refractivity contribution in [1.29, 1.82) is 0 Å². The summed E-state index contributed by atoms with van der Waals surface area (Å²) in [6, 6.07) is 8.74. The van der Waals surface area contributed by atoms with Gasteiger partial charge in [0.15, 0.2) is 0 Å². The Kier molecular flexibility index (Phi) is 4.24. The summed E-state index contributed by atoms with van der Waals surface area (Å²) in [5, 5.41) is 3.27. The lowest BCUT2D eigenvalue weighted by atomic mass is 10.0. The third-order valence-corrected chi connectivity index (χ3v) is 4.74. The van der Waals surface area contributed by atoms with Crippen LogP contribution in [0.25, 0.3) is 0 Å². The summed E-state index contributed by atoms with van der Waals surface area (Å²) < 4.78 is 2.05. The zero-order chi connectivity index (χ0) is 16.4. The minimum absolute atomic E-state index is 0.0178. The zero-order valence-electron chi connectivity index (χ0n) is 14.2. The predicted octanol–water partition coefficient (Wildman–Crippen LogP) is 3.34. The lowest BCUT2D eigenvalue weighted by molar-refractivity contribution is -0.122. The topological polar surface area (TPSA) is 46.9 Å². The number of aromatic nitrogens is 2. The number of carbonyl (C=O) groups is 1. The van der Waals surface area contributed by atoms with Crippen molar-refractivity contribution in [3.63, 3.8) is 0 Å². The molecule has 1 fully saturated rings. The number of benzene rings is 1. The predicted molar refractivity (Wildman–Crippen MR) is 91.3 cm³/mol. The van der Waals surface area contributed by atoms with Crippen LogP contribution < -0.4 is 5.32 Å². The third-order valence-electron chi connectivity index (χ3n) is 4.74. The number of carbonyl (C=O) groups excluding carboxylic acids is 1. The highest BCUT2D eigenvalue weighted by atomic mass is 16.1. The van der Waals surface area contributed by atoms with Gasteiger partial charge in [-0.1, -0.05) is 29.8 Å². The summed E-state index contributed by atoms with van der Waals surface area (Å²) >= 11 is 0. The molecule has 0 saturated heterocycles. The van der Waals surface area contributed by atoms with Gasteiger partial charge in [0.05, 0.1) is 0 Å². The molecule has 3 rings (SSSR count). The number of nitrogens with one attached hydrogen (secondary N) is 1. The van der Waals surface area contributed by atoms with Gasteiger partial charge in [0.1, 0.15) is 5.82 Å². The van der Waals surface area contributed by atoms with Crippen molar-refractivity contribution in [3.8, 4) is 0 Å². The SMILES string of the molecule is Cc1ccc(CC2(NC(=O)C[C@@H](C)n3ccnc3C)CC2)cc1. The van der Waals surface area contributed by atoms with Gasteiger partial charge in [-0.3, -0.25) is 4.79 Å². The van der Waals surface area contributed by atoms with E-state index in [1.807, 2.05) is 13.1 Å². The Balaban J connectivity index is 1.57. The number of rotatable bonds is 6. The molecule has 1 N–H and O–H groups in total. The minimum Gasteiger partial charge on any atom is -0.350 e. The van der Waals surface area contributed by atoms with Gasteiger partial charge in [-0.25, -0.2) is 4.98 Å². The second kappa shape index (κ2) is 6.19. The fourth-order valence-electron chi connectivity index (χ4n) is 3.16. The van der Waals surface area contributed by atoms with Gasteiger partial charge in [-0.2, -0.15) is 0 Å². The Morgan fingerprint density at radius 3 is 2.57 bits per heavy atom. The molecule has 1 aliphatic carbocycles. The van der Waals surface area contributed by atoms with Crippen LogP contribution in [0.5, 0.6) is 0 Å². The fraction of sp³-hybridized carbons (Fsp3) is 0.474. The largest absolute Gasteiger partial charge is 0.350 e. The van der Waals surface area contributed by atoms with E-state index in [9.17, 15) is 4.79 Å². The molecule has 4 nitrogen and oxygen atoms in total. The van der Waals surface area contributed by atoms with Crippen LogP contribution in [-0.2, 0) is 11.2 Å². The van der Waals surface area contributed by atoms with Crippen molar-refractivity contribution >= 4 is 5.91 Å². The second-order valence-electron chi connectivity index (χ2n) is 6.93. The minimum atomic E-state index is -0.0178. The van der Waals surface area contributed by atoms with E-state index in [0.29, 0.717) is 6.42 Å². The van der Waals surface area contributed by atoms with Crippen LogP contribution >= 0.6 is 0 Å². The summed E-state index contributed by atoms with van der Waals surface area (Å²) in [5.74, 6) is 1.08. The quantitative estimate of drug-likeness (QED) is 0.889. The van der Waals surface area contributed by atoms with Gasteiger partial charge in [0.25, 0.3) is 0 Å². The third kappa shape index (κ3) is 3.81. The van der Waals surface area contributed by atoms with Crippen LogP contribution in [0.15, 0.2) is 36.7 Å². The molecule has 0 bridgehead atoms. The van der Waals surface area contributed by atoms with Crippen LogP contribution in [0.3, 0.4) is 0 Å². The highest BCUT2D eigenvalue weighted by molar-refractivity contribution is 5.77. The Bertz CT molecular complexity index is 683. The molecule has 0 radical (unpaired) electrons. The van der Waals surface area contributed by atoms with E-state index < -0.39 is 0 Å². The lowest BCUT2D eigenvalue weighted by Crippen LogP contribution is -2.39. The molecular weight excluding hydrogens is 286 g/mol. The molecule has 0 unspecified atom stereocenters. The molecular formula is C19H25N3O. The van der Waals surface area contributed by atoms with Crippen LogP contribution in [0, 0.1) is 13.8 Å². The molecule has 0 spiro atoms. The van der Waals surface area contributed by atoms with Gasteiger partial charge >= 0.3 is 0 Å². The van der Waals surface area contributed by atoms with Crippen LogP contribution in [0.4, 0.5) is 0 Å². The zero-order valence-corrected chi connectivity index (χ0v) is 14.2. The molecule has 1 amide bonds. The number of imidazole rings is 1. The summed E-state index contributed by atoms with van der Waals surface area (Å²) in [5.41, 5.74) is 2.55. The van der Waals surface area contributed by atoms with E-state index >= 15 is 0 Å². The molecule has 1 aromatic heterocycles. The van der Waals surface area contributed by atoms with E-state index in [0.717, 1.165) is 25.1 Å². The van der Waals surface area contributed by atoms with Gasteiger partial charge < -0.3 is 9.88 Å². The summed E-state index contributed by atoms with van der Waals surface area (Å²) in [7, 11) is 0. The maximum atomic E-state index is 12.4. The van der Waals surface area contributed by atoms with Crippen LogP contribution in [0.2, 0.25) is 0 Å². The molecule has 1 aromatic carbocycles. The first-order valence-corrected chi connectivity index (χ1v) is 8.33. The molecule has 23 heavy (non-hydrogen) atoms. The molecule has 122 valence electrons. The molecule has 1 atom stereocenters. The number of hydrogen-bond donors (Lipinski definition) is 1. The van der Waals surface area contributed by atoms with E-state index in [1.54, 1.807) is 6.20 Å². The summed E-state index contributed by atoms with van der Waals surface area (Å²) in [6.45, 7) is 6.12.